The van der Waals surface area contributed by atoms with Crippen molar-refractivity contribution in [3.8, 4) is 0 Å². The van der Waals surface area contributed by atoms with Crippen molar-refractivity contribution in [3.05, 3.63) is 35.5 Å². The maximum absolute atomic E-state index is 6.88. The summed E-state index contributed by atoms with van der Waals surface area (Å²) in [4.78, 5) is 3.95. The van der Waals surface area contributed by atoms with E-state index in [1.807, 2.05) is 38.2 Å². The Bertz CT molecular complexity index is 304. The van der Waals surface area contributed by atoms with E-state index < -0.39 is 0 Å². The molecule has 0 radical (unpaired) electrons. The summed E-state index contributed by atoms with van der Waals surface area (Å²) in [5, 5.41) is 6.88. The van der Waals surface area contributed by atoms with Crippen molar-refractivity contribution in [2.24, 2.45) is 4.99 Å². The van der Waals surface area contributed by atoms with Crippen LogP contribution in [0.3, 0.4) is 0 Å². The van der Waals surface area contributed by atoms with Gasteiger partial charge in [0, 0.05) is 0 Å². The largest absolute Gasteiger partial charge is 0.290 e. The third kappa shape index (κ3) is 1.78. The second-order valence-corrected chi connectivity index (χ2v) is 2.61. The Morgan fingerprint density at radius 3 is 2.75 bits per heavy atom. The van der Waals surface area contributed by atoms with Crippen LogP contribution in [0.15, 0.2) is 40.4 Å². The summed E-state index contributed by atoms with van der Waals surface area (Å²) < 4.78 is 0. The van der Waals surface area contributed by atoms with Crippen LogP contribution in [0.1, 0.15) is 13.8 Å². The van der Waals surface area contributed by atoms with E-state index in [2.05, 4.69) is 4.99 Å². The molecule has 1 aliphatic carbocycles. The zero-order chi connectivity index (χ0) is 8.97. The standard InChI is InChI=1S/C10H12N2/c1-3-9-5-4-8(2)6-10(9)12-7-11/h3-7,11H,1-2H3/b9-3-,11-7?,12-10?. The van der Waals surface area contributed by atoms with E-state index in [1.54, 1.807) is 0 Å². The highest BCUT2D eigenvalue weighted by Gasteiger charge is 2.03. The van der Waals surface area contributed by atoms with Gasteiger partial charge in [0.05, 0.1) is 5.71 Å². The minimum absolute atomic E-state index is 0.868. The Hall–Kier alpha value is -1.44. The third-order valence-corrected chi connectivity index (χ3v) is 1.70. The van der Waals surface area contributed by atoms with E-state index in [-0.39, 0.29) is 0 Å². The highest BCUT2D eigenvalue weighted by atomic mass is 14.8. The van der Waals surface area contributed by atoms with Crippen molar-refractivity contribution in [2.75, 3.05) is 0 Å². The van der Waals surface area contributed by atoms with Crippen molar-refractivity contribution < 1.29 is 0 Å². The lowest BCUT2D eigenvalue weighted by Gasteiger charge is -2.06. The molecule has 0 aromatic heterocycles. The molecule has 12 heavy (non-hydrogen) atoms. The number of hydrogen-bond acceptors (Lipinski definition) is 1. The maximum atomic E-state index is 6.88. The van der Waals surface area contributed by atoms with Crippen molar-refractivity contribution in [1.29, 1.82) is 5.41 Å². The van der Waals surface area contributed by atoms with Crippen molar-refractivity contribution in [1.82, 2.24) is 0 Å². The van der Waals surface area contributed by atoms with Crippen LogP contribution in [-0.4, -0.2) is 12.1 Å². The van der Waals surface area contributed by atoms with Crippen molar-refractivity contribution >= 4 is 12.1 Å². The van der Waals surface area contributed by atoms with Gasteiger partial charge >= 0.3 is 0 Å². The second kappa shape index (κ2) is 3.81. The van der Waals surface area contributed by atoms with Gasteiger partial charge in [-0.15, -0.1) is 0 Å². The van der Waals surface area contributed by atoms with Crippen LogP contribution in [-0.2, 0) is 0 Å². The predicted molar refractivity (Wildman–Crippen MR) is 52.9 cm³/mol. The fourth-order valence-corrected chi connectivity index (χ4v) is 1.08. The zero-order valence-electron chi connectivity index (χ0n) is 7.33. The number of aliphatic imine (C=N–C) groups is 1. The molecule has 0 saturated carbocycles. The van der Waals surface area contributed by atoms with Gasteiger partial charge in [0.25, 0.3) is 0 Å². The predicted octanol–water partition coefficient (Wildman–Crippen LogP) is 2.50. The van der Waals surface area contributed by atoms with E-state index in [0.717, 1.165) is 17.6 Å². The van der Waals surface area contributed by atoms with Gasteiger partial charge in [-0.2, -0.15) is 0 Å². The topological polar surface area (TPSA) is 36.2 Å². The summed E-state index contributed by atoms with van der Waals surface area (Å²) in [5.41, 5.74) is 3.11. The van der Waals surface area contributed by atoms with Crippen LogP contribution in [0.5, 0.6) is 0 Å². The summed E-state index contributed by atoms with van der Waals surface area (Å²) >= 11 is 0. The van der Waals surface area contributed by atoms with Crippen molar-refractivity contribution in [3.63, 3.8) is 0 Å². The molecular weight excluding hydrogens is 148 g/mol. The molecule has 1 aliphatic rings. The van der Waals surface area contributed by atoms with Crippen molar-refractivity contribution in [2.45, 2.75) is 13.8 Å². The van der Waals surface area contributed by atoms with Gasteiger partial charge < -0.3 is 0 Å². The molecule has 0 aromatic carbocycles. The average molecular weight is 160 g/mol. The van der Waals surface area contributed by atoms with Gasteiger partial charge in [-0.25, -0.2) is 4.99 Å². The lowest BCUT2D eigenvalue weighted by molar-refractivity contribution is 1.46. The monoisotopic (exact) mass is 160 g/mol. The van der Waals surface area contributed by atoms with E-state index in [1.165, 1.54) is 5.57 Å². The molecule has 1 N–H and O–H groups in total. The van der Waals surface area contributed by atoms with Crippen LogP contribution in [0.2, 0.25) is 0 Å². The van der Waals surface area contributed by atoms with Gasteiger partial charge in [0.1, 0.15) is 6.34 Å². The summed E-state index contributed by atoms with van der Waals surface area (Å²) in [7, 11) is 0. The van der Waals surface area contributed by atoms with E-state index in [0.29, 0.717) is 0 Å². The van der Waals surface area contributed by atoms with Gasteiger partial charge in [-0.1, -0.05) is 18.2 Å². The highest BCUT2D eigenvalue weighted by molar-refractivity contribution is 6.14. The summed E-state index contributed by atoms with van der Waals surface area (Å²) in [6, 6.07) is 0. The molecular formula is C10H12N2. The molecule has 2 heteroatoms. The molecule has 0 aliphatic heterocycles. The first-order valence-electron chi connectivity index (χ1n) is 3.87. The Kier molecular flexibility index (Phi) is 2.75. The first-order chi connectivity index (χ1) is 5.77. The molecule has 1 rings (SSSR count). The number of nitrogens with zero attached hydrogens (tertiary/aromatic N) is 1. The maximum Gasteiger partial charge on any atom is 0.107 e. The normalized spacial score (nSPS) is 23.0. The molecule has 0 fully saturated rings. The molecule has 0 heterocycles. The smallest absolute Gasteiger partial charge is 0.107 e. The summed E-state index contributed by atoms with van der Waals surface area (Å²) in [5.74, 6) is 0. The lowest BCUT2D eigenvalue weighted by atomic mass is 10.0. The molecule has 0 saturated heterocycles. The fraction of sp³-hybridized carbons (Fsp3) is 0.200. The molecule has 0 aromatic rings. The zero-order valence-corrected chi connectivity index (χ0v) is 7.33. The molecule has 0 bridgehead atoms. The Morgan fingerprint density at radius 2 is 2.17 bits per heavy atom. The molecule has 62 valence electrons. The molecule has 0 atom stereocenters. The van der Waals surface area contributed by atoms with E-state index in [4.69, 9.17) is 5.41 Å². The van der Waals surface area contributed by atoms with E-state index in [9.17, 15) is 0 Å². The second-order valence-electron chi connectivity index (χ2n) is 2.61. The SMILES string of the molecule is C/C=C1/C=CC(C)=CC1=NC=N. The number of nitrogens with one attached hydrogen (secondary N) is 1. The highest BCUT2D eigenvalue weighted by Crippen LogP contribution is 2.12. The minimum atomic E-state index is 0.868. The molecule has 0 unspecified atom stereocenters. The number of rotatable bonds is 1. The average Bonchev–Trinajstić information content (AvgIpc) is 2.05. The van der Waals surface area contributed by atoms with Crippen LogP contribution < -0.4 is 0 Å². The third-order valence-electron chi connectivity index (χ3n) is 1.70. The van der Waals surface area contributed by atoms with Crippen LogP contribution >= 0.6 is 0 Å². The molecule has 0 amide bonds. The number of hydrogen-bond donors (Lipinski definition) is 1. The van der Waals surface area contributed by atoms with Gasteiger partial charge in [-0.3, -0.25) is 5.41 Å². The minimum Gasteiger partial charge on any atom is -0.290 e. The van der Waals surface area contributed by atoms with Gasteiger partial charge in [0.2, 0.25) is 0 Å². The summed E-state index contributed by atoms with van der Waals surface area (Å²) in [6.45, 7) is 3.98. The van der Waals surface area contributed by atoms with Crippen LogP contribution in [0, 0.1) is 5.41 Å². The molecule has 2 nitrogen and oxygen atoms in total. The van der Waals surface area contributed by atoms with Crippen LogP contribution in [0.4, 0.5) is 0 Å². The first kappa shape index (κ1) is 8.65. The van der Waals surface area contributed by atoms with Gasteiger partial charge in [0.15, 0.2) is 0 Å². The Labute approximate surface area is 72.5 Å². The molecule has 0 spiro atoms. The van der Waals surface area contributed by atoms with Gasteiger partial charge in [-0.05, 0) is 31.1 Å². The van der Waals surface area contributed by atoms with E-state index >= 15 is 0 Å². The van der Waals surface area contributed by atoms with Crippen LogP contribution in [0.25, 0.3) is 0 Å². The Morgan fingerprint density at radius 1 is 1.42 bits per heavy atom. The fourth-order valence-electron chi connectivity index (χ4n) is 1.08. The first-order valence-corrected chi connectivity index (χ1v) is 3.87. The quantitative estimate of drug-likeness (QED) is 0.452. The lowest BCUT2D eigenvalue weighted by Crippen LogP contribution is -2.01. The number of allylic oxidation sites excluding steroid dienone is 6. The Balaban J connectivity index is 3.05. The summed E-state index contributed by atoms with van der Waals surface area (Å²) in [6.07, 6.45) is 9.08.